The molecule has 0 fully saturated rings. The predicted octanol–water partition coefficient (Wildman–Crippen LogP) is 2.82. The van der Waals surface area contributed by atoms with E-state index in [1.54, 1.807) is 0 Å². The van der Waals surface area contributed by atoms with Crippen molar-refractivity contribution in [3.8, 4) is 0 Å². The summed E-state index contributed by atoms with van der Waals surface area (Å²) in [5, 5.41) is 3.43. The van der Waals surface area contributed by atoms with Crippen LogP contribution in [0.3, 0.4) is 0 Å². The van der Waals surface area contributed by atoms with Gasteiger partial charge in [-0.05, 0) is 44.4 Å². The first-order chi connectivity index (χ1) is 7.65. The molecule has 1 N–H and O–H groups in total. The van der Waals surface area contributed by atoms with Crippen molar-refractivity contribution in [2.75, 3.05) is 13.2 Å². The minimum absolute atomic E-state index is 0.287. The summed E-state index contributed by atoms with van der Waals surface area (Å²) in [6, 6.07) is 6.45. The number of hydrogen-bond acceptors (Lipinski definition) is 2. The number of ether oxygens (including phenoxy) is 1. The number of aryl methyl sites for hydroxylation is 1. The third kappa shape index (κ3) is 3.95. The molecule has 90 valence electrons. The Kier molecular flexibility index (Phi) is 5.50. The van der Waals surface area contributed by atoms with E-state index in [9.17, 15) is 0 Å². The summed E-state index contributed by atoms with van der Waals surface area (Å²) in [5.74, 6) is 0. The lowest BCUT2D eigenvalue weighted by atomic mass is 10.0. The second-order valence-electron chi connectivity index (χ2n) is 4.26. The summed E-state index contributed by atoms with van der Waals surface area (Å²) in [6.45, 7) is 11.1. The molecule has 0 amide bonds. The molecule has 0 radical (unpaired) electrons. The SMILES string of the molecule is CCOC(C)CNCc1cccc(C)c1C. The van der Waals surface area contributed by atoms with Crippen LogP contribution in [-0.4, -0.2) is 19.3 Å². The monoisotopic (exact) mass is 221 g/mol. The van der Waals surface area contributed by atoms with Crippen molar-refractivity contribution in [1.82, 2.24) is 5.32 Å². The first-order valence-corrected chi connectivity index (χ1v) is 6.02. The summed E-state index contributed by atoms with van der Waals surface area (Å²) < 4.78 is 5.47. The van der Waals surface area contributed by atoms with Crippen LogP contribution in [0.15, 0.2) is 18.2 Å². The molecule has 0 aliphatic heterocycles. The van der Waals surface area contributed by atoms with E-state index in [-0.39, 0.29) is 6.10 Å². The molecule has 0 heterocycles. The Morgan fingerprint density at radius 2 is 2.06 bits per heavy atom. The molecule has 0 bridgehead atoms. The molecule has 0 aliphatic carbocycles. The number of nitrogens with one attached hydrogen (secondary N) is 1. The second-order valence-corrected chi connectivity index (χ2v) is 4.26. The van der Waals surface area contributed by atoms with Gasteiger partial charge in [-0.25, -0.2) is 0 Å². The van der Waals surface area contributed by atoms with Crippen LogP contribution in [0.1, 0.15) is 30.5 Å². The van der Waals surface area contributed by atoms with Gasteiger partial charge >= 0.3 is 0 Å². The van der Waals surface area contributed by atoms with Gasteiger partial charge in [-0.15, -0.1) is 0 Å². The molecule has 16 heavy (non-hydrogen) atoms. The Morgan fingerprint density at radius 3 is 2.75 bits per heavy atom. The normalized spacial score (nSPS) is 12.8. The lowest BCUT2D eigenvalue weighted by Crippen LogP contribution is -2.26. The summed E-state index contributed by atoms with van der Waals surface area (Å²) in [7, 11) is 0. The number of benzene rings is 1. The van der Waals surface area contributed by atoms with Crippen molar-refractivity contribution < 1.29 is 4.74 Å². The average Bonchev–Trinajstić information content (AvgIpc) is 2.25. The quantitative estimate of drug-likeness (QED) is 0.797. The maximum Gasteiger partial charge on any atom is 0.0671 e. The molecule has 0 saturated heterocycles. The van der Waals surface area contributed by atoms with Crippen molar-refractivity contribution >= 4 is 0 Å². The highest BCUT2D eigenvalue weighted by Gasteiger charge is 2.02. The van der Waals surface area contributed by atoms with Crippen molar-refractivity contribution in [2.45, 2.75) is 40.3 Å². The molecule has 1 atom stereocenters. The summed E-state index contributed by atoms with van der Waals surface area (Å²) in [5.41, 5.74) is 4.12. The van der Waals surface area contributed by atoms with Gasteiger partial charge in [0.05, 0.1) is 6.10 Å². The number of hydrogen-bond donors (Lipinski definition) is 1. The summed E-state index contributed by atoms with van der Waals surface area (Å²) >= 11 is 0. The zero-order chi connectivity index (χ0) is 12.0. The van der Waals surface area contributed by atoms with Crippen molar-refractivity contribution in [3.63, 3.8) is 0 Å². The minimum Gasteiger partial charge on any atom is -0.377 e. The average molecular weight is 221 g/mol. The largest absolute Gasteiger partial charge is 0.377 e. The Hall–Kier alpha value is -0.860. The third-order valence-electron chi connectivity index (χ3n) is 2.92. The van der Waals surface area contributed by atoms with Crippen LogP contribution in [0.2, 0.25) is 0 Å². The third-order valence-corrected chi connectivity index (χ3v) is 2.92. The van der Waals surface area contributed by atoms with Crippen LogP contribution in [0.25, 0.3) is 0 Å². The fraction of sp³-hybridized carbons (Fsp3) is 0.571. The van der Waals surface area contributed by atoms with E-state index >= 15 is 0 Å². The van der Waals surface area contributed by atoms with Gasteiger partial charge in [-0.1, -0.05) is 18.2 Å². The van der Waals surface area contributed by atoms with E-state index in [0.29, 0.717) is 0 Å². The second kappa shape index (κ2) is 6.66. The van der Waals surface area contributed by atoms with Crippen molar-refractivity contribution in [2.24, 2.45) is 0 Å². The minimum atomic E-state index is 0.287. The van der Waals surface area contributed by atoms with Crippen LogP contribution in [0, 0.1) is 13.8 Å². The summed E-state index contributed by atoms with van der Waals surface area (Å²) in [4.78, 5) is 0. The van der Waals surface area contributed by atoms with E-state index in [0.717, 1.165) is 19.7 Å². The van der Waals surface area contributed by atoms with Gasteiger partial charge in [0.2, 0.25) is 0 Å². The van der Waals surface area contributed by atoms with Crippen molar-refractivity contribution in [1.29, 1.82) is 0 Å². The Labute approximate surface area is 99.0 Å². The van der Waals surface area contributed by atoms with Gasteiger partial charge in [-0.2, -0.15) is 0 Å². The van der Waals surface area contributed by atoms with Gasteiger partial charge in [0.15, 0.2) is 0 Å². The zero-order valence-corrected chi connectivity index (χ0v) is 10.8. The Bertz CT molecular complexity index is 323. The molecule has 0 aliphatic rings. The first kappa shape index (κ1) is 13.2. The van der Waals surface area contributed by atoms with Crippen molar-refractivity contribution in [3.05, 3.63) is 34.9 Å². The van der Waals surface area contributed by atoms with Gasteiger partial charge < -0.3 is 10.1 Å². The van der Waals surface area contributed by atoms with Crippen LogP contribution in [-0.2, 0) is 11.3 Å². The maximum absolute atomic E-state index is 5.47. The van der Waals surface area contributed by atoms with E-state index in [1.165, 1.54) is 16.7 Å². The topological polar surface area (TPSA) is 21.3 Å². The van der Waals surface area contributed by atoms with E-state index in [1.807, 2.05) is 6.92 Å². The molecule has 1 unspecified atom stereocenters. The Morgan fingerprint density at radius 1 is 1.31 bits per heavy atom. The van der Waals surface area contributed by atoms with Crippen LogP contribution >= 0.6 is 0 Å². The van der Waals surface area contributed by atoms with Gasteiger partial charge in [-0.3, -0.25) is 0 Å². The molecule has 0 aromatic heterocycles. The van der Waals surface area contributed by atoms with Gasteiger partial charge in [0.25, 0.3) is 0 Å². The molecule has 1 rings (SSSR count). The highest BCUT2D eigenvalue weighted by atomic mass is 16.5. The highest BCUT2D eigenvalue weighted by Crippen LogP contribution is 2.12. The highest BCUT2D eigenvalue weighted by molar-refractivity contribution is 5.32. The predicted molar refractivity (Wildman–Crippen MR) is 68.7 cm³/mol. The molecule has 1 aromatic carbocycles. The van der Waals surface area contributed by atoms with E-state index in [2.05, 4.69) is 44.3 Å². The molecule has 0 saturated carbocycles. The molecule has 2 heteroatoms. The molecule has 0 spiro atoms. The summed E-state index contributed by atoms with van der Waals surface area (Å²) in [6.07, 6.45) is 0.287. The number of rotatable bonds is 6. The molecular weight excluding hydrogens is 198 g/mol. The molecule has 2 nitrogen and oxygen atoms in total. The zero-order valence-electron chi connectivity index (χ0n) is 10.8. The van der Waals surface area contributed by atoms with Crippen LogP contribution in [0.4, 0.5) is 0 Å². The van der Waals surface area contributed by atoms with E-state index < -0.39 is 0 Å². The lowest BCUT2D eigenvalue weighted by molar-refractivity contribution is 0.0759. The fourth-order valence-electron chi connectivity index (χ4n) is 1.76. The lowest BCUT2D eigenvalue weighted by Gasteiger charge is -2.14. The smallest absolute Gasteiger partial charge is 0.0671 e. The van der Waals surface area contributed by atoms with Gasteiger partial charge in [0.1, 0.15) is 0 Å². The first-order valence-electron chi connectivity index (χ1n) is 6.02. The molecule has 1 aromatic rings. The van der Waals surface area contributed by atoms with E-state index in [4.69, 9.17) is 4.74 Å². The fourth-order valence-corrected chi connectivity index (χ4v) is 1.76. The Balaban J connectivity index is 2.40. The standard InChI is InChI=1S/C14H23NO/c1-5-16-12(3)9-15-10-14-8-6-7-11(2)13(14)4/h6-8,12,15H,5,9-10H2,1-4H3. The van der Waals surface area contributed by atoms with Crippen LogP contribution < -0.4 is 5.32 Å². The maximum atomic E-state index is 5.47. The van der Waals surface area contributed by atoms with Crippen LogP contribution in [0.5, 0.6) is 0 Å². The van der Waals surface area contributed by atoms with Gasteiger partial charge in [0, 0.05) is 19.7 Å². The molecular formula is C14H23NO.